The molecule has 0 saturated heterocycles. The highest BCUT2D eigenvalue weighted by molar-refractivity contribution is 6.33. The molecule has 4 rings (SSSR count). The minimum absolute atomic E-state index is 0.266. The van der Waals surface area contributed by atoms with Gasteiger partial charge in [0.05, 0.1) is 10.6 Å². The van der Waals surface area contributed by atoms with Gasteiger partial charge in [-0.1, -0.05) is 79.2 Å². The molecule has 0 aliphatic rings. The largest absolute Gasteiger partial charge is 0.418 e. The Morgan fingerprint density at radius 3 is 2.39 bits per heavy atom. The van der Waals surface area contributed by atoms with E-state index in [0.717, 1.165) is 23.2 Å². The fourth-order valence-corrected chi connectivity index (χ4v) is 3.37. The summed E-state index contributed by atoms with van der Waals surface area (Å²) >= 11 is 6.29. The number of hydrogen-bond donors (Lipinski definition) is 1. The van der Waals surface area contributed by atoms with Crippen molar-refractivity contribution < 1.29 is 4.42 Å². The van der Waals surface area contributed by atoms with E-state index in [9.17, 15) is 0 Å². The quantitative estimate of drug-likeness (QED) is 0.429. The third-order valence-corrected chi connectivity index (χ3v) is 4.95. The number of rotatable bonds is 6. The second-order valence-corrected chi connectivity index (χ2v) is 6.83. The van der Waals surface area contributed by atoms with E-state index in [1.165, 1.54) is 5.56 Å². The number of nitrogens with zero attached hydrogens (tertiary/aromatic N) is 2. The van der Waals surface area contributed by atoms with Crippen LogP contribution in [0.5, 0.6) is 0 Å². The van der Waals surface area contributed by atoms with Crippen molar-refractivity contribution in [1.82, 2.24) is 10.2 Å². The van der Waals surface area contributed by atoms with Gasteiger partial charge in [0.15, 0.2) is 0 Å². The SMILES string of the molecule is CCc1ccccc1N[C@H](c1ccccc1)c1nnc(-c2ccccc2Cl)o1. The number of halogens is 1. The monoisotopic (exact) mass is 389 g/mol. The van der Waals surface area contributed by atoms with Gasteiger partial charge in [0.25, 0.3) is 0 Å². The molecule has 1 atom stereocenters. The highest BCUT2D eigenvalue weighted by Crippen LogP contribution is 2.31. The van der Waals surface area contributed by atoms with Crippen LogP contribution in [-0.4, -0.2) is 10.2 Å². The number of para-hydroxylation sites is 1. The number of anilines is 1. The molecule has 0 aliphatic carbocycles. The summed E-state index contributed by atoms with van der Waals surface area (Å²) < 4.78 is 6.04. The van der Waals surface area contributed by atoms with Gasteiger partial charge in [-0.15, -0.1) is 10.2 Å². The van der Waals surface area contributed by atoms with Crippen LogP contribution in [0.3, 0.4) is 0 Å². The van der Waals surface area contributed by atoms with E-state index < -0.39 is 0 Å². The van der Waals surface area contributed by atoms with Crippen molar-refractivity contribution in [2.75, 3.05) is 5.32 Å². The van der Waals surface area contributed by atoms with E-state index in [4.69, 9.17) is 16.0 Å². The molecular formula is C23H20ClN3O. The van der Waals surface area contributed by atoms with Gasteiger partial charge < -0.3 is 9.73 Å². The zero-order valence-electron chi connectivity index (χ0n) is 15.5. The lowest BCUT2D eigenvalue weighted by Crippen LogP contribution is -2.14. The lowest BCUT2D eigenvalue weighted by molar-refractivity contribution is 0.494. The topological polar surface area (TPSA) is 51.0 Å². The van der Waals surface area contributed by atoms with Crippen molar-refractivity contribution in [2.45, 2.75) is 19.4 Å². The number of aryl methyl sites for hydroxylation is 1. The van der Waals surface area contributed by atoms with Crippen molar-refractivity contribution in [1.29, 1.82) is 0 Å². The zero-order chi connectivity index (χ0) is 19.3. The highest BCUT2D eigenvalue weighted by atomic mass is 35.5. The molecule has 4 aromatic rings. The van der Waals surface area contributed by atoms with E-state index >= 15 is 0 Å². The maximum atomic E-state index is 6.29. The van der Waals surface area contributed by atoms with Gasteiger partial charge in [0, 0.05) is 5.69 Å². The summed E-state index contributed by atoms with van der Waals surface area (Å²) in [6.45, 7) is 2.14. The Balaban J connectivity index is 1.74. The molecule has 0 fully saturated rings. The molecule has 1 aromatic heterocycles. The molecule has 1 heterocycles. The predicted molar refractivity (Wildman–Crippen MR) is 112 cm³/mol. The fourth-order valence-electron chi connectivity index (χ4n) is 3.15. The third kappa shape index (κ3) is 3.78. The minimum Gasteiger partial charge on any atom is -0.418 e. The van der Waals surface area contributed by atoms with Crippen LogP contribution in [0.4, 0.5) is 5.69 Å². The Morgan fingerprint density at radius 1 is 0.893 bits per heavy atom. The van der Waals surface area contributed by atoms with Crippen LogP contribution < -0.4 is 5.32 Å². The third-order valence-electron chi connectivity index (χ3n) is 4.62. The number of nitrogens with one attached hydrogen (secondary N) is 1. The second-order valence-electron chi connectivity index (χ2n) is 6.42. The van der Waals surface area contributed by atoms with Crippen LogP contribution in [0.2, 0.25) is 5.02 Å². The summed E-state index contributed by atoms with van der Waals surface area (Å²) in [5, 5.41) is 12.7. The Kier molecular flexibility index (Phi) is 5.40. The van der Waals surface area contributed by atoms with Gasteiger partial charge in [-0.05, 0) is 35.7 Å². The molecule has 4 nitrogen and oxygen atoms in total. The van der Waals surface area contributed by atoms with Crippen LogP contribution >= 0.6 is 11.6 Å². The lowest BCUT2D eigenvalue weighted by atomic mass is 10.0. The summed E-state index contributed by atoms with van der Waals surface area (Å²) in [6, 6.07) is 25.5. The first-order chi connectivity index (χ1) is 13.8. The first kappa shape index (κ1) is 18.3. The summed E-state index contributed by atoms with van der Waals surface area (Å²) in [7, 11) is 0. The van der Waals surface area contributed by atoms with E-state index in [-0.39, 0.29) is 6.04 Å². The standard InChI is InChI=1S/C23H20ClN3O/c1-2-16-10-6-9-15-20(16)25-21(17-11-4-3-5-12-17)23-27-26-22(28-23)18-13-7-8-14-19(18)24/h3-15,21,25H,2H2,1H3/t21-/m1/s1. The van der Waals surface area contributed by atoms with Gasteiger partial charge in [0.2, 0.25) is 11.8 Å². The van der Waals surface area contributed by atoms with Gasteiger partial charge in [-0.2, -0.15) is 0 Å². The number of aromatic nitrogens is 2. The van der Waals surface area contributed by atoms with Crippen LogP contribution in [0.1, 0.15) is 30.0 Å². The second kappa shape index (κ2) is 8.28. The van der Waals surface area contributed by atoms with Crippen LogP contribution in [-0.2, 0) is 6.42 Å². The Bertz CT molecular complexity index is 1060. The van der Waals surface area contributed by atoms with Crippen molar-refractivity contribution in [3.8, 4) is 11.5 Å². The molecule has 0 amide bonds. The van der Waals surface area contributed by atoms with E-state index in [1.54, 1.807) is 0 Å². The smallest absolute Gasteiger partial charge is 0.249 e. The van der Waals surface area contributed by atoms with E-state index in [1.807, 2.05) is 66.7 Å². The fraction of sp³-hybridized carbons (Fsp3) is 0.130. The van der Waals surface area contributed by atoms with Crippen molar-refractivity contribution in [2.24, 2.45) is 0 Å². The van der Waals surface area contributed by atoms with Gasteiger partial charge in [-0.3, -0.25) is 0 Å². The van der Waals surface area contributed by atoms with Gasteiger partial charge in [-0.25, -0.2) is 0 Å². The number of benzene rings is 3. The molecule has 28 heavy (non-hydrogen) atoms. The van der Waals surface area contributed by atoms with E-state index in [0.29, 0.717) is 16.8 Å². The van der Waals surface area contributed by atoms with Crippen molar-refractivity contribution in [3.63, 3.8) is 0 Å². The molecule has 0 spiro atoms. The molecule has 5 heteroatoms. The number of hydrogen-bond acceptors (Lipinski definition) is 4. The summed E-state index contributed by atoms with van der Waals surface area (Å²) in [5.74, 6) is 0.902. The predicted octanol–water partition coefficient (Wildman–Crippen LogP) is 6.15. The Morgan fingerprint density at radius 2 is 1.61 bits per heavy atom. The summed E-state index contributed by atoms with van der Waals surface area (Å²) in [4.78, 5) is 0. The first-order valence-electron chi connectivity index (χ1n) is 9.24. The molecule has 0 unspecified atom stereocenters. The van der Waals surface area contributed by atoms with Crippen LogP contribution in [0, 0.1) is 0 Å². The minimum atomic E-state index is -0.266. The van der Waals surface area contributed by atoms with Crippen LogP contribution in [0.15, 0.2) is 83.3 Å². The van der Waals surface area contributed by atoms with Crippen molar-refractivity contribution in [3.05, 3.63) is 101 Å². The molecule has 0 saturated carbocycles. The van der Waals surface area contributed by atoms with Crippen molar-refractivity contribution >= 4 is 17.3 Å². The average molecular weight is 390 g/mol. The zero-order valence-corrected chi connectivity index (χ0v) is 16.2. The van der Waals surface area contributed by atoms with Gasteiger partial charge in [0.1, 0.15) is 6.04 Å². The summed E-state index contributed by atoms with van der Waals surface area (Å²) in [5.41, 5.74) is 4.05. The molecule has 0 aliphatic heterocycles. The molecule has 0 bridgehead atoms. The molecule has 140 valence electrons. The van der Waals surface area contributed by atoms with E-state index in [2.05, 4.69) is 34.6 Å². The average Bonchev–Trinajstić information content (AvgIpc) is 3.23. The Labute approximate surface area is 169 Å². The van der Waals surface area contributed by atoms with Gasteiger partial charge >= 0.3 is 0 Å². The Hall–Kier alpha value is -3.11. The van der Waals surface area contributed by atoms with Crippen LogP contribution in [0.25, 0.3) is 11.5 Å². The maximum absolute atomic E-state index is 6.29. The summed E-state index contributed by atoms with van der Waals surface area (Å²) in [6.07, 6.45) is 0.930. The maximum Gasteiger partial charge on any atom is 0.249 e. The molecule has 0 radical (unpaired) electrons. The molecular weight excluding hydrogens is 370 g/mol. The highest BCUT2D eigenvalue weighted by Gasteiger charge is 2.22. The molecule has 3 aromatic carbocycles. The molecule has 1 N–H and O–H groups in total. The normalized spacial score (nSPS) is 11.9. The lowest BCUT2D eigenvalue weighted by Gasteiger charge is -2.19. The first-order valence-corrected chi connectivity index (χ1v) is 9.61.